The zero-order valence-electron chi connectivity index (χ0n) is 7.07. The van der Waals surface area contributed by atoms with E-state index in [-0.39, 0.29) is 17.0 Å². The summed E-state index contributed by atoms with van der Waals surface area (Å²) in [5, 5.41) is 0.648. The molecule has 0 radical (unpaired) electrons. The molecule has 6 heteroatoms. The quantitative estimate of drug-likeness (QED) is 0.548. The van der Waals surface area contributed by atoms with Crippen molar-refractivity contribution in [2.45, 2.75) is 11.2 Å². The third kappa shape index (κ3) is 3.32. The van der Waals surface area contributed by atoms with Crippen LogP contribution < -0.4 is 0 Å². The van der Waals surface area contributed by atoms with Crippen LogP contribution in [0, 0.1) is 5.82 Å². The SMILES string of the molecule is Br.Fc1cc([CH2][Zn])ccc1C(F)(F)F. The minimum absolute atomic E-state index is 0. The molecule has 14 heavy (non-hydrogen) atoms. The van der Waals surface area contributed by atoms with E-state index in [4.69, 9.17) is 0 Å². The zero-order chi connectivity index (χ0) is 10.1. The summed E-state index contributed by atoms with van der Waals surface area (Å²) in [5.74, 6) is -1.18. The van der Waals surface area contributed by atoms with Crippen molar-refractivity contribution in [1.82, 2.24) is 0 Å². The van der Waals surface area contributed by atoms with Gasteiger partial charge in [-0.05, 0) is 0 Å². The Morgan fingerprint density at radius 1 is 1.21 bits per heavy atom. The monoisotopic (exact) mass is 321 g/mol. The van der Waals surface area contributed by atoms with Crippen molar-refractivity contribution in [2.75, 3.05) is 0 Å². The van der Waals surface area contributed by atoms with Crippen LogP contribution in [0.15, 0.2) is 18.2 Å². The van der Waals surface area contributed by atoms with Crippen molar-refractivity contribution in [3.63, 3.8) is 0 Å². The Morgan fingerprint density at radius 2 is 1.79 bits per heavy atom. The summed E-state index contributed by atoms with van der Waals surface area (Å²) in [7, 11) is 0. The maximum atomic E-state index is 12.8. The van der Waals surface area contributed by atoms with Gasteiger partial charge in [0.05, 0.1) is 0 Å². The average molecular weight is 323 g/mol. The second-order valence-corrected chi connectivity index (χ2v) is 3.61. The summed E-state index contributed by atoms with van der Waals surface area (Å²) in [6.45, 7) is 0. The molecule has 1 aromatic carbocycles. The molecule has 0 N–H and O–H groups in total. The van der Waals surface area contributed by atoms with Crippen molar-refractivity contribution in [2.24, 2.45) is 0 Å². The van der Waals surface area contributed by atoms with Crippen molar-refractivity contribution < 1.29 is 35.9 Å². The third-order valence-electron chi connectivity index (χ3n) is 1.63. The Kier molecular flexibility index (Phi) is 5.23. The molecule has 0 saturated carbocycles. The van der Waals surface area contributed by atoms with Crippen LogP contribution in [0.1, 0.15) is 11.1 Å². The number of alkyl halides is 3. The summed E-state index contributed by atoms with van der Waals surface area (Å²) in [4.78, 5) is 0. The van der Waals surface area contributed by atoms with Gasteiger partial charge in [0.2, 0.25) is 0 Å². The molecule has 0 atom stereocenters. The molecule has 75 valence electrons. The molecule has 0 unspecified atom stereocenters. The van der Waals surface area contributed by atoms with Gasteiger partial charge in [-0.3, -0.25) is 0 Å². The van der Waals surface area contributed by atoms with Crippen molar-refractivity contribution in [1.29, 1.82) is 0 Å². The van der Waals surface area contributed by atoms with E-state index < -0.39 is 17.6 Å². The fraction of sp³-hybridized carbons (Fsp3) is 0.250. The summed E-state index contributed by atoms with van der Waals surface area (Å²) in [5.41, 5.74) is -0.574. The van der Waals surface area contributed by atoms with Gasteiger partial charge in [-0.25, -0.2) is 0 Å². The normalized spacial score (nSPS) is 11.0. The molecule has 0 aliphatic rings. The van der Waals surface area contributed by atoms with Gasteiger partial charge in [-0.2, -0.15) is 0 Å². The van der Waals surface area contributed by atoms with Crippen molar-refractivity contribution >= 4 is 17.0 Å². The van der Waals surface area contributed by atoms with Crippen LogP contribution in [0.4, 0.5) is 17.6 Å². The summed E-state index contributed by atoms with van der Waals surface area (Å²) in [6, 6.07) is 3.06. The zero-order valence-corrected chi connectivity index (χ0v) is 11.7. The molecule has 0 saturated heterocycles. The second kappa shape index (κ2) is 5.22. The van der Waals surface area contributed by atoms with Gasteiger partial charge >= 0.3 is 82.2 Å². The molecule has 0 aliphatic carbocycles. The van der Waals surface area contributed by atoms with Crippen LogP contribution in [0.3, 0.4) is 0 Å². The number of rotatable bonds is 1. The topological polar surface area (TPSA) is 0 Å². The molecule has 0 fully saturated rings. The van der Waals surface area contributed by atoms with Crippen LogP contribution in [0.25, 0.3) is 0 Å². The van der Waals surface area contributed by atoms with Crippen molar-refractivity contribution in [3.05, 3.63) is 35.1 Å². The summed E-state index contributed by atoms with van der Waals surface area (Å²) >= 11 is 0.908. The molecule has 0 aliphatic heterocycles. The Hall–Kier alpha value is 0.0434. The Labute approximate surface area is 99.1 Å². The summed E-state index contributed by atoms with van der Waals surface area (Å²) < 4.78 is 49.0. The van der Waals surface area contributed by atoms with Gasteiger partial charge in [0.25, 0.3) is 0 Å². The van der Waals surface area contributed by atoms with E-state index in [1.54, 1.807) is 0 Å². The van der Waals surface area contributed by atoms with Gasteiger partial charge in [0.15, 0.2) is 0 Å². The van der Waals surface area contributed by atoms with Crippen LogP contribution in [-0.4, -0.2) is 0 Å². The van der Waals surface area contributed by atoms with E-state index in [1.165, 1.54) is 6.07 Å². The summed E-state index contributed by atoms with van der Waals surface area (Å²) in [6.07, 6.45) is -4.59. The molecular weight excluding hydrogens is 317 g/mol. The van der Waals surface area contributed by atoms with E-state index in [1.807, 2.05) is 0 Å². The Bertz CT molecular complexity index is 311. The molecule has 0 heterocycles. The molecular formula is C8H6BrF4Zn. The molecule has 0 aromatic heterocycles. The standard InChI is InChI=1S/C8H5F4.BrH.Zn/c1-5-2-3-6(7(9)4-5)8(10,11)12;;/h2-4H,1H2;1H;. The molecule has 0 bridgehead atoms. The van der Waals surface area contributed by atoms with E-state index in [0.29, 0.717) is 10.6 Å². The predicted octanol–water partition coefficient (Wildman–Crippen LogP) is 3.47. The molecule has 0 nitrogen and oxygen atoms in total. The minimum atomic E-state index is -4.59. The Balaban J connectivity index is 0.00000169. The molecule has 1 rings (SSSR count). The first-order chi connectivity index (χ1) is 5.95. The van der Waals surface area contributed by atoms with Crippen molar-refractivity contribution in [3.8, 4) is 0 Å². The molecule has 0 amide bonds. The van der Waals surface area contributed by atoms with E-state index in [0.717, 1.165) is 30.4 Å². The number of hydrogen-bond donors (Lipinski definition) is 0. The molecule has 0 spiro atoms. The van der Waals surface area contributed by atoms with Crippen LogP contribution in [0.5, 0.6) is 0 Å². The number of halogens is 5. The van der Waals surface area contributed by atoms with E-state index in [2.05, 4.69) is 0 Å². The van der Waals surface area contributed by atoms with Gasteiger partial charge in [0, 0.05) is 0 Å². The number of benzene rings is 1. The third-order valence-corrected chi connectivity index (χ3v) is 2.84. The first-order valence-electron chi connectivity index (χ1n) is 3.60. The Morgan fingerprint density at radius 3 is 2.14 bits per heavy atom. The van der Waals surface area contributed by atoms with Crippen LogP contribution >= 0.6 is 17.0 Å². The van der Waals surface area contributed by atoms with E-state index >= 15 is 0 Å². The predicted molar refractivity (Wildman–Crippen MR) is 45.4 cm³/mol. The number of hydrogen-bond acceptors (Lipinski definition) is 0. The van der Waals surface area contributed by atoms with Gasteiger partial charge in [-0.15, -0.1) is 17.0 Å². The van der Waals surface area contributed by atoms with Gasteiger partial charge in [-0.1, -0.05) is 0 Å². The fourth-order valence-corrected chi connectivity index (χ4v) is 1.60. The van der Waals surface area contributed by atoms with Crippen LogP contribution in [0.2, 0.25) is 0 Å². The first kappa shape index (κ1) is 14.0. The van der Waals surface area contributed by atoms with Gasteiger partial charge < -0.3 is 0 Å². The van der Waals surface area contributed by atoms with E-state index in [9.17, 15) is 17.6 Å². The maximum absolute atomic E-state index is 12.8. The first-order valence-corrected chi connectivity index (χ1v) is 5.70. The second-order valence-electron chi connectivity index (χ2n) is 2.56. The fourth-order valence-electron chi connectivity index (χ4n) is 0.944. The van der Waals surface area contributed by atoms with Crippen LogP contribution in [-0.2, 0) is 29.5 Å². The van der Waals surface area contributed by atoms with Gasteiger partial charge in [0.1, 0.15) is 0 Å². The molecule has 1 aromatic rings. The average Bonchev–Trinajstić information content (AvgIpc) is 2.01.